The zero-order chi connectivity index (χ0) is 22.9. The summed E-state index contributed by atoms with van der Waals surface area (Å²) in [6.45, 7) is 3.93. The molecule has 0 saturated heterocycles. The molecule has 0 saturated carbocycles. The molecule has 0 aliphatic rings. The topological polar surface area (TPSA) is 47.2 Å². The smallest absolute Gasteiger partial charge is 0.280 e. The van der Waals surface area contributed by atoms with Gasteiger partial charge in [-0.15, -0.1) is 6.58 Å². The maximum absolute atomic E-state index is 14.5. The Morgan fingerprint density at radius 1 is 1.06 bits per heavy atom. The van der Waals surface area contributed by atoms with Gasteiger partial charge < -0.3 is 4.57 Å². The van der Waals surface area contributed by atoms with Crippen LogP contribution in [0.5, 0.6) is 0 Å². The van der Waals surface area contributed by atoms with Gasteiger partial charge in [0, 0.05) is 23.6 Å². The van der Waals surface area contributed by atoms with E-state index in [1.165, 1.54) is 10.6 Å². The molecule has 0 radical (unpaired) electrons. The first-order chi connectivity index (χ1) is 16.0. The van der Waals surface area contributed by atoms with Gasteiger partial charge in [-0.05, 0) is 18.2 Å². The maximum Gasteiger partial charge on any atom is 0.280 e. The van der Waals surface area contributed by atoms with Crippen molar-refractivity contribution in [3.8, 4) is 11.3 Å². The number of halogens is 2. The Hall–Kier alpha value is -3.97. The first kappa shape index (κ1) is 20.9. The van der Waals surface area contributed by atoms with E-state index in [2.05, 4.69) is 11.6 Å². The van der Waals surface area contributed by atoms with Crippen LogP contribution < -0.4 is 4.80 Å². The number of hydrogen-bond donors (Lipinski definition) is 0. The highest BCUT2D eigenvalue weighted by Crippen LogP contribution is 2.26. The second kappa shape index (κ2) is 8.52. The number of nitrogens with zero attached hydrogens (tertiary/aromatic N) is 3. The summed E-state index contributed by atoms with van der Waals surface area (Å²) >= 11 is 1.05. The molecule has 0 unspecified atom stereocenters. The Balaban J connectivity index is 1.73. The van der Waals surface area contributed by atoms with Gasteiger partial charge in [0.1, 0.15) is 5.82 Å². The maximum atomic E-state index is 14.5. The summed E-state index contributed by atoms with van der Waals surface area (Å²) in [6, 6.07) is 20.7. The van der Waals surface area contributed by atoms with Crippen LogP contribution in [0, 0.1) is 11.6 Å². The average molecular weight is 458 g/mol. The molecule has 162 valence electrons. The highest BCUT2D eigenvalue weighted by Gasteiger charge is 2.16. The minimum Gasteiger partial charge on any atom is -0.310 e. The molecular weight excluding hydrogens is 440 g/mol. The van der Waals surface area contributed by atoms with Gasteiger partial charge in [-0.25, -0.2) is 13.8 Å². The SMILES string of the molecule is C=CCn1c(=NC(=O)c2cc(-c3ccccc3)nc3ccccc23)sc2cc(F)cc(F)c21. The van der Waals surface area contributed by atoms with Gasteiger partial charge >= 0.3 is 0 Å². The van der Waals surface area contributed by atoms with E-state index in [1.54, 1.807) is 12.1 Å². The Labute approximate surface area is 191 Å². The number of carbonyl (C=O) groups excluding carboxylic acids is 1. The number of amides is 1. The molecule has 0 fully saturated rings. The van der Waals surface area contributed by atoms with Crippen LogP contribution in [-0.2, 0) is 6.54 Å². The predicted molar refractivity (Wildman–Crippen MR) is 127 cm³/mol. The fourth-order valence-corrected chi connectivity index (χ4v) is 4.85. The largest absolute Gasteiger partial charge is 0.310 e. The molecule has 2 aromatic heterocycles. The molecule has 0 aliphatic carbocycles. The van der Waals surface area contributed by atoms with Crippen molar-refractivity contribution in [1.29, 1.82) is 0 Å². The van der Waals surface area contributed by atoms with Gasteiger partial charge in [0.05, 0.1) is 27.0 Å². The molecule has 0 atom stereocenters. The number of aromatic nitrogens is 2. The third kappa shape index (κ3) is 3.87. The Morgan fingerprint density at radius 3 is 2.61 bits per heavy atom. The molecule has 5 rings (SSSR count). The summed E-state index contributed by atoms with van der Waals surface area (Å²) in [4.78, 5) is 22.7. The minimum atomic E-state index is -0.710. The highest BCUT2D eigenvalue weighted by molar-refractivity contribution is 7.16. The number of benzene rings is 3. The van der Waals surface area contributed by atoms with Gasteiger partial charge in [0.25, 0.3) is 5.91 Å². The highest BCUT2D eigenvalue weighted by atomic mass is 32.1. The molecule has 33 heavy (non-hydrogen) atoms. The zero-order valence-electron chi connectivity index (χ0n) is 17.3. The standard InChI is InChI=1S/C26H17F2N3OS/c1-2-12-31-24-20(28)13-17(27)14-23(24)33-26(31)30-25(32)19-15-22(16-8-4-3-5-9-16)29-21-11-7-6-10-18(19)21/h2-11,13-15H,1,12H2. The van der Waals surface area contributed by atoms with Crippen LogP contribution in [0.15, 0.2) is 90.4 Å². The van der Waals surface area contributed by atoms with Crippen molar-refractivity contribution in [3.05, 3.63) is 107 Å². The molecule has 0 N–H and O–H groups in total. The minimum absolute atomic E-state index is 0.192. The summed E-state index contributed by atoms with van der Waals surface area (Å²) in [6.07, 6.45) is 1.58. The van der Waals surface area contributed by atoms with E-state index >= 15 is 0 Å². The molecule has 4 nitrogen and oxygen atoms in total. The number of allylic oxidation sites excluding steroid dienone is 1. The van der Waals surface area contributed by atoms with E-state index in [9.17, 15) is 13.6 Å². The summed E-state index contributed by atoms with van der Waals surface area (Å²) < 4.78 is 30.2. The summed E-state index contributed by atoms with van der Waals surface area (Å²) in [7, 11) is 0. The van der Waals surface area contributed by atoms with E-state index in [4.69, 9.17) is 4.98 Å². The number of para-hydroxylation sites is 1. The van der Waals surface area contributed by atoms with Crippen molar-refractivity contribution >= 4 is 38.4 Å². The number of fused-ring (bicyclic) bond motifs is 2. The molecule has 3 aromatic carbocycles. The molecule has 0 aliphatic heterocycles. The normalized spacial score (nSPS) is 11.9. The number of pyridine rings is 1. The van der Waals surface area contributed by atoms with Crippen LogP contribution in [0.25, 0.3) is 32.4 Å². The van der Waals surface area contributed by atoms with Gasteiger partial charge in [0.2, 0.25) is 0 Å². The third-order valence-electron chi connectivity index (χ3n) is 5.22. The van der Waals surface area contributed by atoms with Crippen LogP contribution in [0.2, 0.25) is 0 Å². The number of hydrogen-bond acceptors (Lipinski definition) is 3. The van der Waals surface area contributed by atoms with Crippen molar-refractivity contribution in [3.63, 3.8) is 0 Å². The van der Waals surface area contributed by atoms with Crippen LogP contribution in [0.4, 0.5) is 8.78 Å². The number of carbonyl (C=O) groups is 1. The molecule has 2 heterocycles. The van der Waals surface area contributed by atoms with Crippen molar-refractivity contribution in [1.82, 2.24) is 9.55 Å². The second-order valence-electron chi connectivity index (χ2n) is 7.37. The zero-order valence-corrected chi connectivity index (χ0v) is 18.2. The van der Waals surface area contributed by atoms with Gasteiger partial charge in [-0.3, -0.25) is 4.79 Å². The van der Waals surface area contributed by atoms with Crippen LogP contribution in [0.3, 0.4) is 0 Å². The summed E-state index contributed by atoms with van der Waals surface area (Å²) in [5.74, 6) is -1.88. The Kier molecular flexibility index (Phi) is 5.40. The first-order valence-corrected chi connectivity index (χ1v) is 11.0. The van der Waals surface area contributed by atoms with Crippen LogP contribution in [-0.4, -0.2) is 15.5 Å². The van der Waals surface area contributed by atoms with E-state index < -0.39 is 17.5 Å². The van der Waals surface area contributed by atoms with Gasteiger partial charge in [-0.1, -0.05) is 65.9 Å². The lowest BCUT2D eigenvalue weighted by atomic mass is 10.0. The van der Waals surface area contributed by atoms with Crippen molar-refractivity contribution in [2.24, 2.45) is 4.99 Å². The van der Waals surface area contributed by atoms with Gasteiger partial charge in [0.15, 0.2) is 10.6 Å². The van der Waals surface area contributed by atoms with Crippen molar-refractivity contribution < 1.29 is 13.6 Å². The predicted octanol–water partition coefficient (Wildman–Crippen LogP) is 6.12. The lowest BCUT2D eigenvalue weighted by Crippen LogP contribution is -2.17. The van der Waals surface area contributed by atoms with E-state index in [0.717, 1.165) is 23.0 Å². The fraction of sp³-hybridized carbons (Fsp3) is 0.0385. The molecular formula is C26H17F2N3OS. The quantitative estimate of drug-likeness (QED) is 0.305. The fourth-order valence-electron chi connectivity index (χ4n) is 3.77. The van der Waals surface area contributed by atoms with Crippen LogP contribution >= 0.6 is 11.3 Å². The molecule has 0 spiro atoms. The van der Waals surface area contributed by atoms with E-state index in [0.29, 0.717) is 26.9 Å². The van der Waals surface area contributed by atoms with Gasteiger partial charge in [-0.2, -0.15) is 4.99 Å². The van der Waals surface area contributed by atoms with E-state index in [1.807, 2.05) is 54.6 Å². The first-order valence-electron chi connectivity index (χ1n) is 10.2. The second-order valence-corrected chi connectivity index (χ2v) is 8.38. The molecule has 1 amide bonds. The molecule has 7 heteroatoms. The Morgan fingerprint density at radius 2 is 1.82 bits per heavy atom. The molecule has 0 bridgehead atoms. The number of rotatable bonds is 4. The van der Waals surface area contributed by atoms with Crippen molar-refractivity contribution in [2.75, 3.05) is 0 Å². The third-order valence-corrected chi connectivity index (χ3v) is 6.25. The number of thiazole rings is 1. The summed E-state index contributed by atoms with van der Waals surface area (Å²) in [5.41, 5.74) is 2.77. The van der Waals surface area contributed by atoms with Crippen LogP contribution in [0.1, 0.15) is 10.4 Å². The Bertz CT molecular complexity index is 1600. The monoisotopic (exact) mass is 457 g/mol. The molecule has 5 aromatic rings. The van der Waals surface area contributed by atoms with E-state index in [-0.39, 0.29) is 16.9 Å². The average Bonchev–Trinajstić information content (AvgIpc) is 3.15. The van der Waals surface area contributed by atoms with Crippen molar-refractivity contribution in [2.45, 2.75) is 6.54 Å². The lowest BCUT2D eigenvalue weighted by molar-refractivity contribution is 0.0999. The lowest BCUT2D eigenvalue weighted by Gasteiger charge is -2.08. The summed E-state index contributed by atoms with van der Waals surface area (Å²) in [5, 5.41) is 0.666.